The Morgan fingerprint density at radius 3 is 1.03 bits per heavy atom. The molecule has 15 heteroatoms. The summed E-state index contributed by atoms with van der Waals surface area (Å²) in [4.78, 5) is 39.4. The van der Waals surface area contributed by atoms with Crippen LogP contribution < -0.4 is 0 Å². The topological polar surface area (TPSA) is 155 Å². The second-order valence-electron chi connectivity index (χ2n) is 30.4. The van der Waals surface area contributed by atoms with Crippen molar-refractivity contribution in [3.63, 3.8) is 0 Å². The minimum atomic E-state index is -2.49. The van der Waals surface area contributed by atoms with Crippen molar-refractivity contribution in [3.05, 3.63) is 340 Å². The number of rotatable bonds is 15. The number of furan rings is 3. The fourth-order valence-corrected chi connectivity index (χ4v) is 13.7. The monoisotopic (exact) mass is 2210 g/mol. The van der Waals surface area contributed by atoms with E-state index in [1.807, 2.05) is 171 Å². The van der Waals surface area contributed by atoms with Crippen molar-refractivity contribution in [1.82, 2.24) is 44.9 Å². The second-order valence-corrected chi connectivity index (χ2v) is 30.4. The van der Waals surface area contributed by atoms with Gasteiger partial charge in [-0.25, -0.2) is 15.0 Å². The van der Waals surface area contributed by atoms with Gasteiger partial charge in [0.05, 0.1) is 16.7 Å². The first-order valence-corrected chi connectivity index (χ1v) is 40.0. The number of hydrogen-bond acceptors (Lipinski definition) is 12. The Morgan fingerprint density at radius 1 is 0.328 bits per heavy atom. The van der Waals surface area contributed by atoms with Gasteiger partial charge in [-0.3, -0.25) is 0 Å². The zero-order chi connectivity index (χ0) is 107. The van der Waals surface area contributed by atoms with Gasteiger partial charge >= 0.3 is 0 Å². The maximum Gasteiger partial charge on any atom is 0.216 e. The van der Waals surface area contributed by atoms with Crippen molar-refractivity contribution in [2.45, 2.75) is 175 Å². The van der Waals surface area contributed by atoms with Crippen LogP contribution in [0.4, 0.5) is 0 Å². The molecule has 18 aromatic rings. The number of aryl methyl sites for hydroxylation is 8. The molecule has 645 valence electrons. The summed E-state index contributed by atoms with van der Waals surface area (Å²) in [6.07, 6.45) is 3.58. The molecule has 3 unspecified atom stereocenters. The van der Waals surface area contributed by atoms with E-state index in [2.05, 4.69) is 81.3 Å². The zero-order valence-corrected chi connectivity index (χ0v) is 79.0. The SMILES string of the molecule is [2H]C([2H])([2H])C([2H])(C)c1cnc(-c2[c-]cccc2)cc1C.[2H]C([2H])([2H])C([2H])(C)c1cnc(-c2[c-]cccc2)cc1C.[2H]C([2H])([2H])C([2H])(C)c1cnc(-c2[c-]cccc2)cc1C.[2H]C([2H])([2H])c1cc(-c2[c-]ccc3c2oc2nc(C)ccc23)ncc1C([2H])([2H])C(C)C.[2H]C([2H])([2H])c1cnc(-c2[c-]ccc3c2oc2nc(C)ccc23)cc1C([2H])([2H])C(C)C.[2H]C([2H])(c1ccnc(-c2[c-]ccc3c2oc2nc(C)ccc23)c1)C(C)C.[Ir].[Ir].[Ir]. The maximum absolute atomic E-state index is 8.52. The van der Waals surface area contributed by atoms with E-state index in [1.165, 1.54) is 63.9 Å². The summed E-state index contributed by atoms with van der Waals surface area (Å²) in [5, 5.41) is 5.32. The van der Waals surface area contributed by atoms with Crippen LogP contribution in [0, 0.1) is 109 Å². The first kappa shape index (κ1) is 67.4. The Morgan fingerprint density at radius 2 is 0.680 bits per heavy atom. The van der Waals surface area contributed by atoms with Gasteiger partial charge in [0, 0.05) is 164 Å². The van der Waals surface area contributed by atoms with Gasteiger partial charge in [-0.1, -0.05) is 185 Å². The fourth-order valence-electron chi connectivity index (χ4n) is 13.7. The fraction of sp³-hybridized carbons (Fsp3) is 0.264. The number of aromatic nitrogens is 9. The predicted molar refractivity (Wildman–Crippen MR) is 502 cm³/mol. The van der Waals surface area contributed by atoms with Gasteiger partial charge in [-0.2, -0.15) is 0 Å². The van der Waals surface area contributed by atoms with Gasteiger partial charge in [0.25, 0.3) is 0 Å². The van der Waals surface area contributed by atoms with Crippen LogP contribution in [-0.2, 0) is 79.4 Å². The van der Waals surface area contributed by atoms with Gasteiger partial charge in [0.1, 0.15) is 0 Å². The molecule has 125 heavy (non-hydrogen) atoms. The number of fused-ring (bicyclic) bond motifs is 9. The van der Waals surface area contributed by atoms with Crippen molar-refractivity contribution in [3.8, 4) is 67.5 Å². The molecule has 12 heterocycles. The summed E-state index contributed by atoms with van der Waals surface area (Å²) < 4.78 is 208. The molecule has 12 nitrogen and oxygen atoms in total. The normalized spacial score (nSPS) is 16.1. The maximum atomic E-state index is 8.52. The smallest absolute Gasteiger partial charge is 0.216 e. The summed E-state index contributed by atoms with van der Waals surface area (Å²) in [6.45, 7) is 13.8. The Hall–Kier alpha value is -11.0. The second kappa shape index (κ2) is 44.3. The molecule has 6 aromatic carbocycles. The molecule has 3 atom stereocenters. The molecular formula is C110H109Ir3N9O3-6. The van der Waals surface area contributed by atoms with Crippen molar-refractivity contribution < 1.29 is 106 Å². The predicted octanol–water partition coefficient (Wildman–Crippen LogP) is 28.6. The van der Waals surface area contributed by atoms with Gasteiger partial charge in [-0.15, -0.1) is 162 Å². The summed E-state index contributed by atoms with van der Waals surface area (Å²) in [7, 11) is 0. The Labute approximate surface area is 812 Å². The third-order valence-electron chi connectivity index (χ3n) is 19.5. The van der Waals surface area contributed by atoms with Crippen LogP contribution in [0.25, 0.3) is 134 Å². The third kappa shape index (κ3) is 24.0. The van der Waals surface area contributed by atoms with E-state index in [9.17, 15) is 0 Å². The van der Waals surface area contributed by atoms with Gasteiger partial charge < -0.3 is 43.2 Å². The average molecular weight is 2210 g/mol. The van der Waals surface area contributed by atoms with Crippen LogP contribution in [0.3, 0.4) is 0 Å². The molecule has 0 N–H and O–H groups in total. The Bertz CT molecular complexity index is 7500. The van der Waals surface area contributed by atoms with Crippen LogP contribution in [0.2, 0.25) is 0 Å². The van der Waals surface area contributed by atoms with Crippen LogP contribution >= 0.6 is 0 Å². The van der Waals surface area contributed by atoms with Crippen molar-refractivity contribution >= 4 is 66.2 Å². The van der Waals surface area contributed by atoms with Crippen LogP contribution in [0.5, 0.6) is 0 Å². The summed E-state index contributed by atoms with van der Waals surface area (Å²) in [6, 6.07) is 75.7. The third-order valence-corrected chi connectivity index (χ3v) is 19.5. The molecule has 0 saturated heterocycles. The molecule has 0 saturated carbocycles. The zero-order valence-electron chi connectivity index (χ0n) is 95.8. The molecule has 18 rings (SSSR count). The molecular weight excluding hydrogens is 2070 g/mol. The van der Waals surface area contributed by atoms with Crippen molar-refractivity contribution in [2.24, 2.45) is 17.8 Å². The molecule has 0 aliphatic heterocycles. The summed E-state index contributed by atoms with van der Waals surface area (Å²) in [5.41, 5.74) is 18.0. The minimum absolute atomic E-state index is 0. The van der Waals surface area contributed by atoms with E-state index in [0.29, 0.717) is 84.4 Å². The standard InChI is InChI=1S/2C22H21N2O.C21H19N2O.3C15H16N.3Ir/c1-13(2)10-16-11-20(23-12-14(16)3)19-7-5-6-17-18-9-8-15(4)24-22(18)25-21(17)19;1-13(2)10-16-12-23-20(11-14(16)3)19-7-5-6-17-18-9-8-15(4)24-22(18)25-21(17)19;1-13(2)11-15-9-10-22-19(12-15)18-6-4-5-16-17-8-7-14(3)23-21(17)24-20(16)18;3*1-11(2)14-10-16-15(9-12(14)3)13-7-5-4-6-8-13;;;/h2*5-6,8-9,11-13H,10H2,1-4H3;4-5,7-10,12-13H,11H2,1-3H3;3*4-7,9-11H,1-3H3;;;/q6*-1;;;/i2*3D3,10D2;11D2;3*1D3,11D;;;. The minimum Gasteiger partial charge on any atom is -0.486 e. The number of pyridine rings is 9. The van der Waals surface area contributed by atoms with Crippen LogP contribution in [0.15, 0.2) is 238 Å². The van der Waals surface area contributed by atoms with Crippen molar-refractivity contribution in [2.75, 3.05) is 0 Å². The van der Waals surface area contributed by atoms with E-state index in [0.717, 1.165) is 105 Å². The number of nitrogens with zero attached hydrogens (tertiary/aromatic N) is 9. The van der Waals surface area contributed by atoms with E-state index in [-0.39, 0.29) is 88.5 Å². The largest absolute Gasteiger partial charge is 0.486 e. The molecule has 12 aromatic heterocycles. The summed E-state index contributed by atoms with van der Waals surface area (Å²) >= 11 is 0. The molecule has 0 aliphatic rings. The van der Waals surface area contributed by atoms with Gasteiger partial charge in [-0.05, 0) is 214 Å². The van der Waals surface area contributed by atoms with E-state index in [4.69, 9.17) is 46.1 Å². The van der Waals surface area contributed by atoms with E-state index >= 15 is 0 Å². The number of hydrogen-bond donors (Lipinski definition) is 0. The van der Waals surface area contributed by atoms with E-state index in [1.54, 1.807) is 94.6 Å². The molecule has 0 bridgehead atoms. The summed E-state index contributed by atoms with van der Waals surface area (Å²) in [5.74, 6) is -5.97. The first-order chi connectivity index (χ1) is 68.1. The quantitative estimate of drug-likeness (QED) is 0.0897. The molecule has 3 radical (unpaired) electrons. The van der Waals surface area contributed by atoms with E-state index < -0.39 is 82.9 Å². The Kier molecular flexibility index (Phi) is 23.9. The van der Waals surface area contributed by atoms with Crippen molar-refractivity contribution in [1.29, 1.82) is 0 Å². The van der Waals surface area contributed by atoms with Crippen LogP contribution in [0.1, 0.15) is 212 Å². The average Bonchev–Trinajstić information content (AvgIpc) is 1.62. The first-order valence-electron chi connectivity index (χ1n) is 52.0. The van der Waals surface area contributed by atoms with Crippen LogP contribution in [-0.4, -0.2) is 44.9 Å². The molecule has 0 fully saturated rings. The van der Waals surface area contributed by atoms with Gasteiger partial charge in [0.15, 0.2) is 0 Å². The molecule has 0 aliphatic carbocycles. The molecule has 0 amide bonds. The van der Waals surface area contributed by atoms with Gasteiger partial charge in [0.2, 0.25) is 17.1 Å². The number of benzene rings is 6. The Balaban J connectivity index is 0.000000184. The molecule has 0 spiro atoms.